The molecule has 14 heteroatoms. The Morgan fingerprint density at radius 2 is 1.76 bits per heavy atom. The molecule has 0 spiro atoms. The summed E-state index contributed by atoms with van der Waals surface area (Å²) in [4.78, 5) is 48.7. The molecule has 9 rings (SSSR count). The van der Waals surface area contributed by atoms with Crippen molar-refractivity contribution in [2.75, 3.05) is 6.54 Å². The first-order valence-electron chi connectivity index (χ1n) is 20.8. The van der Waals surface area contributed by atoms with Gasteiger partial charge in [-0.25, -0.2) is 14.5 Å². The number of carbonyl (C=O) groups is 3. The summed E-state index contributed by atoms with van der Waals surface area (Å²) in [6.45, 7) is 14.6. The summed E-state index contributed by atoms with van der Waals surface area (Å²) in [6, 6.07) is 18.9. The van der Waals surface area contributed by atoms with E-state index in [9.17, 15) is 14.4 Å². The molecule has 3 amide bonds. The van der Waals surface area contributed by atoms with E-state index in [4.69, 9.17) is 23.8 Å². The van der Waals surface area contributed by atoms with Crippen LogP contribution in [0, 0.1) is 30.1 Å². The predicted octanol–water partition coefficient (Wildman–Crippen LogP) is 6.19. The van der Waals surface area contributed by atoms with Crippen molar-refractivity contribution in [1.82, 2.24) is 30.3 Å². The number of hydrogen-bond donors (Lipinski definition) is 2. The van der Waals surface area contributed by atoms with Gasteiger partial charge in [-0.2, -0.15) is 5.10 Å². The number of para-hydroxylation sites is 1. The van der Waals surface area contributed by atoms with E-state index in [-0.39, 0.29) is 42.9 Å². The molecular formula is C44H55BN6O7. The number of likely N-dealkylation sites (tertiary alicyclic amines) is 1. The molecule has 8 atom stereocenters. The van der Waals surface area contributed by atoms with E-state index in [0.717, 1.165) is 35.0 Å². The molecule has 2 aromatic carbocycles. The van der Waals surface area contributed by atoms with Gasteiger partial charge in [0.05, 0.1) is 35.4 Å². The van der Waals surface area contributed by atoms with Crippen molar-refractivity contribution in [1.29, 1.82) is 0 Å². The molecule has 5 fully saturated rings. The zero-order valence-electron chi connectivity index (χ0n) is 34.5. The van der Waals surface area contributed by atoms with Crippen molar-refractivity contribution in [2.45, 2.75) is 117 Å². The van der Waals surface area contributed by atoms with Gasteiger partial charge in [-0.15, -0.1) is 0 Å². The van der Waals surface area contributed by atoms with Crippen LogP contribution in [0.3, 0.4) is 0 Å². The zero-order valence-corrected chi connectivity index (χ0v) is 34.5. The van der Waals surface area contributed by atoms with Gasteiger partial charge in [0.15, 0.2) is 5.82 Å². The maximum absolute atomic E-state index is 14.6. The lowest BCUT2D eigenvalue weighted by Crippen LogP contribution is -2.65. The Morgan fingerprint density at radius 3 is 2.47 bits per heavy atom. The minimum absolute atomic E-state index is 0.0344. The summed E-state index contributed by atoms with van der Waals surface area (Å²) in [5, 5.41) is 11.4. The minimum Gasteiger partial charge on any atom is -0.488 e. The minimum atomic E-state index is -0.963. The van der Waals surface area contributed by atoms with Gasteiger partial charge in [0, 0.05) is 24.1 Å². The number of ether oxygens (including phenoxy) is 2. The number of aromatic nitrogens is 3. The van der Waals surface area contributed by atoms with E-state index in [1.807, 2.05) is 101 Å². The van der Waals surface area contributed by atoms with Gasteiger partial charge in [0.1, 0.15) is 30.5 Å². The van der Waals surface area contributed by atoms with Crippen LogP contribution in [0.2, 0.25) is 0 Å². The van der Waals surface area contributed by atoms with Crippen molar-refractivity contribution in [3.05, 3.63) is 84.2 Å². The number of aryl methyl sites for hydroxylation is 1. The van der Waals surface area contributed by atoms with Gasteiger partial charge in [0.2, 0.25) is 11.8 Å². The highest BCUT2D eigenvalue weighted by molar-refractivity contribution is 6.47. The number of alkyl carbamates (subject to hydrolysis) is 1. The topological polar surface area (TPSA) is 146 Å². The molecule has 3 saturated carbocycles. The fourth-order valence-corrected chi connectivity index (χ4v) is 9.74. The van der Waals surface area contributed by atoms with E-state index in [2.05, 4.69) is 36.5 Å². The first-order valence-corrected chi connectivity index (χ1v) is 20.8. The molecule has 0 radical (unpaired) electrons. The molecule has 3 aliphatic carbocycles. The fraction of sp³-hybridized carbons (Fsp3) is 0.523. The molecule has 2 N–H and O–H groups in total. The largest absolute Gasteiger partial charge is 0.488 e. The van der Waals surface area contributed by atoms with Crippen LogP contribution in [-0.4, -0.2) is 87.1 Å². The zero-order chi connectivity index (χ0) is 40.9. The highest BCUT2D eigenvalue weighted by Gasteiger charge is 2.68. The molecule has 2 aromatic heterocycles. The van der Waals surface area contributed by atoms with Gasteiger partial charge in [-0.1, -0.05) is 77.1 Å². The van der Waals surface area contributed by atoms with Crippen LogP contribution in [0.4, 0.5) is 4.79 Å². The van der Waals surface area contributed by atoms with Crippen molar-refractivity contribution in [2.24, 2.45) is 23.2 Å². The average Bonchev–Trinajstić information content (AvgIpc) is 3.94. The third kappa shape index (κ3) is 7.45. The molecule has 58 heavy (non-hydrogen) atoms. The van der Waals surface area contributed by atoms with Crippen LogP contribution < -0.4 is 15.4 Å². The molecule has 2 saturated heterocycles. The van der Waals surface area contributed by atoms with E-state index >= 15 is 0 Å². The van der Waals surface area contributed by atoms with Gasteiger partial charge >= 0.3 is 13.2 Å². The molecular weight excluding hydrogens is 735 g/mol. The third-order valence-electron chi connectivity index (χ3n) is 13.2. The third-order valence-corrected chi connectivity index (χ3v) is 13.2. The maximum atomic E-state index is 14.6. The molecule has 4 heterocycles. The lowest BCUT2D eigenvalue weighted by atomic mass is 9.43. The number of carbonyl (C=O) groups excluding carboxylic acids is 3. The van der Waals surface area contributed by atoms with Crippen molar-refractivity contribution >= 4 is 35.9 Å². The number of fused-ring (bicyclic) bond motifs is 1. The van der Waals surface area contributed by atoms with Gasteiger partial charge in [-0.3, -0.25) is 9.59 Å². The summed E-state index contributed by atoms with van der Waals surface area (Å²) in [5.74, 6) is 0.639. The molecule has 1 unspecified atom stereocenters. The number of nitrogens with zero attached hydrogens (tertiary/aromatic N) is 4. The molecule has 5 aliphatic rings. The fourth-order valence-electron chi connectivity index (χ4n) is 9.74. The Kier molecular flexibility index (Phi) is 10.8. The summed E-state index contributed by atoms with van der Waals surface area (Å²) < 4.78 is 27.3. The van der Waals surface area contributed by atoms with E-state index < -0.39 is 48.8 Å². The number of amides is 3. The monoisotopic (exact) mass is 790 g/mol. The summed E-state index contributed by atoms with van der Waals surface area (Å²) in [7, 11) is -0.617. The SMILES string of the molecule is CC[C@H](NC(=O)[C@@H]1C[C@@H](Oc2cc(-n3ccc(C)n3)nc3ccccc23)CN1C(=O)[C@@H](NC(=O)OCc1ccccc1)C(C)C)B1OC2C[C@@H]3C[C@@H](C3(C)C)[C@]2(C)O1. The number of benzene rings is 2. The second-order valence-corrected chi connectivity index (χ2v) is 17.7. The Hall–Kier alpha value is -4.95. The normalized spacial score (nSPS) is 26.8. The second kappa shape index (κ2) is 15.7. The van der Waals surface area contributed by atoms with Gasteiger partial charge in [0.25, 0.3) is 0 Å². The Morgan fingerprint density at radius 1 is 1.00 bits per heavy atom. The highest BCUT2D eigenvalue weighted by atomic mass is 16.7. The van der Waals surface area contributed by atoms with Gasteiger partial charge < -0.3 is 34.3 Å². The van der Waals surface area contributed by atoms with Gasteiger partial charge in [-0.05, 0) is 80.0 Å². The summed E-state index contributed by atoms with van der Waals surface area (Å²) >= 11 is 0. The molecule has 2 bridgehead atoms. The first kappa shape index (κ1) is 39.9. The Bertz CT molecular complexity index is 2160. The molecule has 306 valence electrons. The van der Waals surface area contributed by atoms with Crippen molar-refractivity contribution in [3.63, 3.8) is 0 Å². The predicted molar refractivity (Wildman–Crippen MR) is 219 cm³/mol. The standard InChI is InChI=1S/C44H55BN6O7/c1-8-37(45-57-36-21-29-20-35(43(29,5)6)44(36,7)58-45)47-40(52)33-22-30(56-34-23-38(51-19-18-27(4)49-51)46-32-17-13-12-16-31(32)34)24-50(33)41(53)39(26(2)3)48-42(54)55-25-28-14-10-9-11-15-28/h9-19,23,26,29-30,33,35-37,39H,8,20-22,24-25H2,1-7H3,(H,47,52)(H,48,54)/t29-,30+,33-,35-,36?,37-,39-,44-/m0/s1. The maximum Gasteiger partial charge on any atom is 0.481 e. The smallest absolute Gasteiger partial charge is 0.481 e. The van der Waals surface area contributed by atoms with Crippen LogP contribution in [-0.2, 0) is 30.2 Å². The highest BCUT2D eigenvalue weighted by Crippen LogP contribution is 2.65. The quantitative estimate of drug-likeness (QED) is 0.161. The molecule has 4 aromatic rings. The van der Waals surface area contributed by atoms with E-state index in [1.165, 1.54) is 0 Å². The Balaban J connectivity index is 1.04. The average molecular weight is 791 g/mol. The number of nitrogens with one attached hydrogen (secondary N) is 2. The van der Waals surface area contributed by atoms with E-state index in [0.29, 0.717) is 29.8 Å². The first-order chi connectivity index (χ1) is 27.7. The lowest BCUT2D eigenvalue weighted by Gasteiger charge is -2.64. The van der Waals surface area contributed by atoms with Crippen LogP contribution >= 0.6 is 0 Å². The summed E-state index contributed by atoms with van der Waals surface area (Å²) in [6.07, 6.45) is 3.38. The van der Waals surface area contributed by atoms with Crippen LogP contribution in [0.5, 0.6) is 5.75 Å². The lowest BCUT2D eigenvalue weighted by molar-refractivity contribution is -0.199. The molecule has 2 aliphatic heterocycles. The molecule has 13 nitrogen and oxygen atoms in total. The number of hydrogen-bond acceptors (Lipinski definition) is 9. The summed E-state index contributed by atoms with van der Waals surface area (Å²) in [5.41, 5.74) is 2.15. The number of rotatable bonds is 12. The van der Waals surface area contributed by atoms with Crippen molar-refractivity contribution in [3.8, 4) is 11.6 Å². The van der Waals surface area contributed by atoms with Crippen LogP contribution in [0.25, 0.3) is 16.7 Å². The Labute approximate surface area is 340 Å². The number of pyridine rings is 1. The van der Waals surface area contributed by atoms with Crippen LogP contribution in [0.15, 0.2) is 72.9 Å². The van der Waals surface area contributed by atoms with E-state index in [1.54, 1.807) is 9.58 Å². The second-order valence-electron chi connectivity index (χ2n) is 17.7. The van der Waals surface area contributed by atoms with Crippen molar-refractivity contribution < 1.29 is 33.2 Å². The van der Waals surface area contributed by atoms with Crippen LogP contribution in [0.1, 0.15) is 78.5 Å².